The van der Waals surface area contributed by atoms with Gasteiger partial charge in [-0.15, -0.1) is 0 Å². The number of hydrogen-bond donors (Lipinski definition) is 1. The molecular formula is C19H33N3O2. The van der Waals surface area contributed by atoms with Gasteiger partial charge in [0.1, 0.15) is 0 Å². The molecule has 2 aliphatic heterocycles. The summed E-state index contributed by atoms with van der Waals surface area (Å²) in [7, 11) is 0. The van der Waals surface area contributed by atoms with Gasteiger partial charge in [-0.05, 0) is 30.1 Å². The van der Waals surface area contributed by atoms with Crippen LogP contribution in [0.5, 0.6) is 0 Å². The number of hydrogen-bond acceptors (Lipinski definition) is 4. The van der Waals surface area contributed by atoms with Gasteiger partial charge in [0.05, 0.1) is 13.2 Å². The maximum Gasteiger partial charge on any atom is 0.224 e. The maximum absolute atomic E-state index is 12.4. The zero-order chi connectivity index (χ0) is 16.7. The van der Waals surface area contributed by atoms with E-state index in [1.54, 1.807) is 0 Å². The molecule has 2 aliphatic carbocycles. The molecule has 2 unspecified atom stereocenters. The van der Waals surface area contributed by atoms with Gasteiger partial charge in [0.2, 0.25) is 5.91 Å². The second-order valence-corrected chi connectivity index (χ2v) is 8.86. The number of likely N-dealkylation sites (tertiary alicyclic amines) is 1. The van der Waals surface area contributed by atoms with Crippen LogP contribution in [0.4, 0.5) is 0 Å². The average molecular weight is 335 g/mol. The van der Waals surface area contributed by atoms with Gasteiger partial charge in [0, 0.05) is 51.2 Å². The molecule has 2 saturated heterocycles. The Morgan fingerprint density at radius 2 is 2.00 bits per heavy atom. The molecule has 4 rings (SSSR count). The third-order valence-electron chi connectivity index (χ3n) is 7.17. The van der Waals surface area contributed by atoms with E-state index in [0.717, 1.165) is 57.8 Å². The lowest BCUT2D eigenvalue weighted by Crippen LogP contribution is -2.64. The molecule has 0 aromatic carbocycles. The second-order valence-electron chi connectivity index (χ2n) is 8.86. The predicted octanol–water partition coefficient (Wildman–Crippen LogP) is 1.33. The van der Waals surface area contributed by atoms with Crippen LogP contribution in [0, 0.1) is 17.3 Å². The maximum atomic E-state index is 12.4. The largest absolute Gasteiger partial charge is 0.379 e. The SMILES string of the molecule is CC1(C)C(NC2CC(=O)N(CCN3CCOCC3)C2)[C@@H]2CCC[C@@H]21. The van der Waals surface area contributed by atoms with E-state index < -0.39 is 0 Å². The molecule has 5 heteroatoms. The van der Waals surface area contributed by atoms with Crippen molar-refractivity contribution in [2.24, 2.45) is 17.3 Å². The molecule has 24 heavy (non-hydrogen) atoms. The minimum absolute atomic E-state index is 0.334. The number of rotatable bonds is 5. The van der Waals surface area contributed by atoms with Gasteiger partial charge in [-0.25, -0.2) is 0 Å². The first-order valence-electron chi connectivity index (χ1n) is 9.89. The van der Waals surface area contributed by atoms with E-state index in [-0.39, 0.29) is 0 Å². The molecular weight excluding hydrogens is 302 g/mol. The Morgan fingerprint density at radius 3 is 2.79 bits per heavy atom. The summed E-state index contributed by atoms with van der Waals surface area (Å²) in [6, 6.07) is 0.968. The summed E-state index contributed by atoms with van der Waals surface area (Å²) in [5, 5.41) is 3.88. The summed E-state index contributed by atoms with van der Waals surface area (Å²) in [5.41, 5.74) is 0.408. The molecule has 2 saturated carbocycles. The fraction of sp³-hybridized carbons (Fsp3) is 0.947. The summed E-state index contributed by atoms with van der Waals surface area (Å²) in [6.45, 7) is 11.3. The predicted molar refractivity (Wildman–Crippen MR) is 93.8 cm³/mol. The average Bonchev–Trinajstić information content (AvgIpc) is 3.17. The van der Waals surface area contributed by atoms with E-state index >= 15 is 0 Å². The lowest BCUT2D eigenvalue weighted by Gasteiger charge is -2.57. The number of amides is 1. The van der Waals surface area contributed by atoms with Crippen molar-refractivity contribution in [1.82, 2.24) is 15.1 Å². The van der Waals surface area contributed by atoms with Crippen LogP contribution in [0.15, 0.2) is 0 Å². The van der Waals surface area contributed by atoms with E-state index in [2.05, 4.69) is 29.0 Å². The quantitative estimate of drug-likeness (QED) is 0.823. The first-order chi connectivity index (χ1) is 11.6. The monoisotopic (exact) mass is 335 g/mol. The molecule has 136 valence electrons. The van der Waals surface area contributed by atoms with Crippen LogP contribution in [-0.2, 0) is 9.53 Å². The Kier molecular flexibility index (Phi) is 4.61. The topological polar surface area (TPSA) is 44.8 Å². The van der Waals surface area contributed by atoms with Crippen LogP contribution in [0.3, 0.4) is 0 Å². The smallest absolute Gasteiger partial charge is 0.224 e. The zero-order valence-electron chi connectivity index (χ0n) is 15.3. The second kappa shape index (κ2) is 6.58. The molecule has 0 bridgehead atoms. The summed E-state index contributed by atoms with van der Waals surface area (Å²) >= 11 is 0. The van der Waals surface area contributed by atoms with Crippen LogP contribution < -0.4 is 5.32 Å². The van der Waals surface area contributed by atoms with Gasteiger partial charge in [0.15, 0.2) is 0 Å². The molecule has 0 spiro atoms. The van der Waals surface area contributed by atoms with E-state index in [1.807, 2.05) is 0 Å². The number of nitrogens with zero attached hydrogens (tertiary/aromatic N) is 2. The van der Waals surface area contributed by atoms with E-state index in [9.17, 15) is 4.79 Å². The Bertz CT molecular complexity index is 475. The van der Waals surface area contributed by atoms with Crippen molar-refractivity contribution in [2.75, 3.05) is 45.9 Å². The van der Waals surface area contributed by atoms with Crippen molar-refractivity contribution < 1.29 is 9.53 Å². The molecule has 1 amide bonds. The van der Waals surface area contributed by atoms with Gasteiger partial charge in [0.25, 0.3) is 0 Å². The van der Waals surface area contributed by atoms with Crippen molar-refractivity contribution in [3.05, 3.63) is 0 Å². The molecule has 0 aromatic heterocycles. The number of carbonyl (C=O) groups excluding carboxylic acids is 1. The highest BCUT2D eigenvalue weighted by molar-refractivity contribution is 5.79. The van der Waals surface area contributed by atoms with Crippen molar-refractivity contribution in [3.8, 4) is 0 Å². The fourth-order valence-corrected chi connectivity index (χ4v) is 5.75. The highest BCUT2D eigenvalue weighted by Crippen LogP contribution is 2.58. The molecule has 5 nitrogen and oxygen atoms in total. The van der Waals surface area contributed by atoms with Crippen LogP contribution >= 0.6 is 0 Å². The minimum Gasteiger partial charge on any atom is -0.379 e. The molecule has 4 aliphatic rings. The minimum atomic E-state index is 0.334. The van der Waals surface area contributed by atoms with E-state index in [4.69, 9.17) is 4.74 Å². The summed E-state index contributed by atoms with van der Waals surface area (Å²) < 4.78 is 5.39. The summed E-state index contributed by atoms with van der Waals surface area (Å²) in [4.78, 5) is 16.9. The Labute approximate surface area is 146 Å². The number of ether oxygens (including phenoxy) is 1. The normalized spacial score (nSPS) is 39.1. The highest BCUT2D eigenvalue weighted by Gasteiger charge is 2.58. The molecule has 4 atom stereocenters. The lowest BCUT2D eigenvalue weighted by atomic mass is 9.53. The first kappa shape index (κ1) is 16.8. The van der Waals surface area contributed by atoms with Gasteiger partial charge < -0.3 is 15.0 Å². The molecule has 1 N–H and O–H groups in total. The number of carbonyl (C=O) groups is 1. The molecule has 4 fully saturated rings. The molecule has 2 heterocycles. The van der Waals surface area contributed by atoms with E-state index in [0.29, 0.717) is 29.8 Å². The first-order valence-corrected chi connectivity index (χ1v) is 9.89. The Morgan fingerprint density at radius 1 is 1.21 bits per heavy atom. The van der Waals surface area contributed by atoms with Crippen molar-refractivity contribution in [2.45, 2.75) is 51.6 Å². The number of morpholine rings is 1. The third kappa shape index (κ3) is 2.99. The van der Waals surface area contributed by atoms with Crippen LogP contribution in [-0.4, -0.2) is 73.7 Å². The van der Waals surface area contributed by atoms with Gasteiger partial charge >= 0.3 is 0 Å². The van der Waals surface area contributed by atoms with E-state index in [1.165, 1.54) is 19.3 Å². The number of nitrogens with one attached hydrogen (secondary N) is 1. The van der Waals surface area contributed by atoms with Crippen LogP contribution in [0.25, 0.3) is 0 Å². The van der Waals surface area contributed by atoms with Gasteiger partial charge in [-0.1, -0.05) is 20.3 Å². The standard InChI is InChI=1S/C19H33N3O2/c1-19(2)16-5-3-4-15(16)18(19)20-14-12-17(23)22(13-14)7-6-21-8-10-24-11-9-21/h14-16,18,20H,3-13H2,1-2H3/t14?,15-,16+,18?/m1/s1. The van der Waals surface area contributed by atoms with Crippen molar-refractivity contribution in [3.63, 3.8) is 0 Å². The van der Waals surface area contributed by atoms with Crippen molar-refractivity contribution >= 4 is 5.91 Å². The highest BCUT2D eigenvalue weighted by atomic mass is 16.5. The third-order valence-corrected chi connectivity index (χ3v) is 7.17. The number of fused-ring (bicyclic) bond motifs is 1. The summed E-state index contributed by atoms with van der Waals surface area (Å²) in [6.07, 6.45) is 4.87. The van der Waals surface area contributed by atoms with Crippen LogP contribution in [0.2, 0.25) is 0 Å². The van der Waals surface area contributed by atoms with Gasteiger partial charge in [-0.3, -0.25) is 9.69 Å². The van der Waals surface area contributed by atoms with Gasteiger partial charge in [-0.2, -0.15) is 0 Å². The van der Waals surface area contributed by atoms with Crippen molar-refractivity contribution in [1.29, 1.82) is 0 Å². The lowest BCUT2D eigenvalue weighted by molar-refractivity contribution is -0.128. The summed E-state index contributed by atoms with van der Waals surface area (Å²) in [5.74, 6) is 2.10. The molecule has 0 radical (unpaired) electrons. The van der Waals surface area contributed by atoms with Crippen LogP contribution in [0.1, 0.15) is 39.5 Å². The zero-order valence-corrected chi connectivity index (χ0v) is 15.3. The Balaban J connectivity index is 1.27. The fourth-order valence-electron chi connectivity index (χ4n) is 5.75. The molecule has 0 aromatic rings. The Hall–Kier alpha value is -0.650.